The lowest BCUT2D eigenvalue weighted by Gasteiger charge is -2.31. The van der Waals surface area contributed by atoms with Crippen LogP contribution in [-0.4, -0.2) is 48.3 Å². The molecule has 1 unspecified atom stereocenters. The Kier molecular flexibility index (Phi) is 8.97. The minimum atomic E-state index is -0.290. The summed E-state index contributed by atoms with van der Waals surface area (Å²) < 4.78 is 0. The van der Waals surface area contributed by atoms with Gasteiger partial charge in [0.25, 0.3) is 0 Å². The second-order valence-electron chi connectivity index (χ2n) is 8.57. The van der Waals surface area contributed by atoms with Gasteiger partial charge in [-0.1, -0.05) is 59.6 Å². The first-order valence-electron chi connectivity index (χ1n) is 11.1. The van der Waals surface area contributed by atoms with Crippen LogP contribution in [-0.2, 0) is 16.1 Å². The topological polar surface area (TPSA) is 66.6 Å². The van der Waals surface area contributed by atoms with Crippen LogP contribution in [0.3, 0.4) is 0 Å². The van der Waals surface area contributed by atoms with Crippen LogP contribution in [0.25, 0.3) is 0 Å². The van der Waals surface area contributed by atoms with Crippen LogP contribution in [0.5, 0.6) is 0 Å². The highest BCUT2D eigenvalue weighted by atomic mass is 35.5. The summed E-state index contributed by atoms with van der Waals surface area (Å²) in [7, 11) is 1.84. The Bertz CT molecular complexity index is 915. The fourth-order valence-corrected chi connectivity index (χ4v) is 4.63. The van der Waals surface area contributed by atoms with Gasteiger partial charge in [-0.3, -0.25) is 9.59 Å². The molecule has 1 aliphatic rings. The Morgan fingerprint density at radius 2 is 1.78 bits per heavy atom. The van der Waals surface area contributed by atoms with E-state index < -0.39 is 0 Å². The number of carbonyl (C=O) groups is 2. The van der Waals surface area contributed by atoms with E-state index >= 15 is 0 Å². The number of benzene rings is 2. The number of likely N-dealkylation sites (tertiary alicyclic amines) is 1. The molecule has 1 aliphatic heterocycles. The van der Waals surface area contributed by atoms with Crippen LogP contribution in [0.1, 0.15) is 42.7 Å². The predicted octanol–water partition coefficient (Wildman–Crippen LogP) is 4.71. The van der Waals surface area contributed by atoms with Gasteiger partial charge >= 0.3 is 0 Å². The number of hydrogen-bond acceptors (Lipinski definition) is 3. The molecule has 0 radical (unpaired) electrons. The summed E-state index contributed by atoms with van der Waals surface area (Å²) in [6.07, 6.45) is 3.21. The van der Waals surface area contributed by atoms with Gasteiger partial charge < -0.3 is 15.5 Å². The standard InChI is InChI=1S/C25H31Cl2N3O2/c1-29(17-18-6-3-2-4-7-18)25(32)21(20-9-10-22(26)23(27)16-20)8-5-13-30-14-11-19(12-15-30)24(28)31/h2-4,6-7,9-10,16,19,21H,5,8,11-15,17H2,1H3,(H2,28,31). The van der Waals surface area contributed by atoms with Gasteiger partial charge in [0.05, 0.1) is 16.0 Å². The minimum absolute atomic E-state index is 0.0107. The van der Waals surface area contributed by atoms with Gasteiger partial charge in [-0.05, 0) is 68.6 Å². The van der Waals surface area contributed by atoms with Crippen molar-refractivity contribution in [2.75, 3.05) is 26.7 Å². The van der Waals surface area contributed by atoms with Gasteiger partial charge in [0, 0.05) is 19.5 Å². The molecule has 32 heavy (non-hydrogen) atoms. The number of carbonyl (C=O) groups excluding carboxylic acids is 2. The maximum Gasteiger partial charge on any atom is 0.230 e. The van der Waals surface area contributed by atoms with E-state index in [-0.39, 0.29) is 23.7 Å². The summed E-state index contributed by atoms with van der Waals surface area (Å²) in [6.45, 7) is 3.18. The number of nitrogens with two attached hydrogens (primary N) is 1. The normalized spacial score (nSPS) is 16.0. The molecule has 5 nitrogen and oxygen atoms in total. The second kappa shape index (κ2) is 11.7. The zero-order valence-electron chi connectivity index (χ0n) is 18.5. The van der Waals surface area contributed by atoms with Crippen molar-refractivity contribution in [3.63, 3.8) is 0 Å². The fraction of sp³-hybridized carbons (Fsp3) is 0.440. The minimum Gasteiger partial charge on any atom is -0.369 e. The highest BCUT2D eigenvalue weighted by Crippen LogP contribution is 2.30. The SMILES string of the molecule is CN(Cc1ccccc1)C(=O)C(CCCN1CCC(C(N)=O)CC1)c1ccc(Cl)c(Cl)c1. The molecule has 2 aromatic carbocycles. The van der Waals surface area contributed by atoms with Crippen molar-refractivity contribution in [2.45, 2.75) is 38.1 Å². The molecule has 1 heterocycles. The first-order chi connectivity index (χ1) is 15.3. The Hall–Kier alpha value is -2.08. The van der Waals surface area contributed by atoms with Gasteiger partial charge in [0.15, 0.2) is 0 Å². The third kappa shape index (κ3) is 6.71. The molecule has 0 bridgehead atoms. The lowest BCUT2D eigenvalue weighted by Crippen LogP contribution is -2.39. The van der Waals surface area contributed by atoms with Gasteiger partial charge in [0.1, 0.15) is 0 Å². The molecule has 172 valence electrons. The number of nitrogens with zero attached hydrogens (tertiary/aromatic N) is 2. The van der Waals surface area contributed by atoms with E-state index in [0.29, 0.717) is 23.0 Å². The maximum atomic E-state index is 13.4. The van der Waals surface area contributed by atoms with Crippen LogP contribution in [0, 0.1) is 5.92 Å². The highest BCUT2D eigenvalue weighted by Gasteiger charge is 2.26. The van der Waals surface area contributed by atoms with Crippen molar-refractivity contribution in [3.8, 4) is 0 Å². The maximum absolute atomic E-state index is 13.4. The molecule has 0 aliphatic carbocycles. The van der Waals surface area contributed by atoms with Gasteiger partial charge in [-0.2, -0.15) is 0 Å². The molecule has 0 spiro atoms. The lowest BCUT2D eigenvalue weighted by molar-refractivity contribution is -0.132. The van der Waals surface area contributed by atoms with E-state index in [0.717, 1.165) is 50.0 Å². The third-order valence-corrected chi connectivity index (χ3v) is 6.98. The monoisotopic (exact) mass is 475 g/mol. The van der Waals surface area contributed by atoms with Gasteiger partial charge in [-0.15, -0.1) is 0 Å². The quantitative estimate of drug-likeness (QED) is 0.570. The molecule has 3 rings (SSSR count). The molecular weight excluding hydrogens is 445 g/mol. The fourth-order valence-electron chi connectivity index (χ4n) is 4.32. The first-order valence-corrected chi connectivity index (χ1v) is 11.9. The lowest BCUT2D eigenvalue weighted by atomic mass is 9.92. The third-order valence-electron chi connectivity index (χ3n) is 6.24. The Balaban J connectivity index is 1.65. The van der Waals surface area contributed by atoms with Crippen molar-refractivity contribution >= 4 is 35.0 Å². The van der Waals surface area contributed by atoms with E-state index in [1.165, 1.54) is 0 Å². The molecule has 7 heteroatoms. The smallest absolute Gasteiger partial charge is 0.230 e. The number of piperidine rings is 1. The van der Waals surface area contributed by atoms with Crippen molar-refractivity contribution in [2.24, 2.45) is 11.7 Å². The van der Waals surface area contributed by atoms with E-state index in [1.54, 1.807) is 17.0 Å². The van der Waals surface area contributed by atoms with E-state index in [2.05, 4.69) is 4.90 Å². The zero-order chi connectivity index (χ0) is 23.1. The average Bonchev–Trinajstić information content (AvgIpc) is 2.79. The van der Waals surface area contributed by atoms with Crippen molar-refractivity contribution in [3.05, 3.63) is 69.7 Å². The van der Waals surface area contributed by atoms with E-state index in [9.17, 15) is 9.59 Å². The van der Waals surface area contributed by atoms with Crippen molar-refractivity contribution in [1.29, 1.82) is 0 Å². The molecule has 0 saturated carbocycles. The van der Waals surface area contributed by atoms with Gasteiger partial charge in [-0.25, -0.2) is 0 Å². The van der Waals surface area contributed by atoms with Crippen LogP contribution >= 0.6 is 23.2 Å². The second-order valence-corrected chi connectivity index (χ2v) is 9.38. The van der Waals surface area contributed by atoms with Gasteiger partial charge in [0.2, 0.25) is 11.8 Å². The number of primary amides is 1. The van der Waals surface area contributed by atoms with E-state index in [1.807, 2.05) is 43.4 Å². The summed E-state index contributed by atoms with van der Waals surface area (Å²) >= 11 is 12.4. The average molecular weight is 476 g/mol. The van der Waals surface area contributed by atoms with E-state index in [4.69, 9.17) is 28.9 Å². The summed E-state index contributed by atoms with van der Waals surface area (Å²) in [4.78, 5) is 28.9. The first kappa shape index (κ1) is 24.6. The van der Waals surface area contributed by atoms with Crippen LogP contribution in [0.4, 0.5) is 0 Å². The van der Waals surface area contributed by atoms with Crippen LogP contribution < -0.4 is 5.73 Å². The highest BCUT2D eigenvalue weighted by molar-refractivity contribution is 6.42. The largest absolute Gasteiger partial charge is 0.369 e. The number of hydrogen-bond donors (Lipinski definition) is 1. The summed E-state index contributed by atoms with van der Waals surface area (Å²) in [5, 5.41) is 0.942. The molecular formula is C25H31Cl2N3O2. The number of amides is 2. The van der Waals surface area contributed by atoms with Crippen molar-refractivity contribution in [1.82, 2.24) is 9.80 Å². The molecule has 1 atom stereocenters. The Morgan fingerprint density at radius 1 is 1.09 bits per heavy atom. The summed E-state index contributed by atoms with van der Waals surface area (Å²) in [5.41, 5.74) is 7.41. The van der Waals surface area contributed by atoms with Crippen LogP contribution in [0.15, 0.2) is 48.5 Å². The predicted molar refractivity (Wildman–Crippen MR) is 130 cm³/mol. The number of rotatable bonds is 9. The number of likely N-dealkylation sites (N-methyl/N-ethyl adjacent to an activating group) is 1. The molecule has 2 aromatic rings. The summed E-state index contributed by atoms with van der Waals surface area (Å²) in [6, 6.07) is 15.4. The zero-order valence-corrected chi connectivity index (χ0v) is 20.0. The molecule has 2 N–H and O–H groups in total. The molecule has 1 fully saturated rings. The molecule has 1 saturated heterocycles. The Morgan fingerprint density at radius 3 is 2.41 bits per heavy atom. The molecule has 2 amide bonds. The van der Waals surface area contributed by atoms with Crippen molar-refractivity contribution < 1.29 is 9.59 Å². The Labute approximate surface area is 200 Å². The summed E-state index contributed by atoms with van der Waals surface area (Å²) in [5.74, 6) is -0.430. The number of halogens is 2. The van der Waals surface area contributed by atoms with Crippen LogP contribution in [0.2, 0.25) is 10.0 Å². The molecule has 0 aromatic heterocycles.